The largest absolute Gasteiger partial charge is 0.478 e. The topological polar surface area (TPSA) is 72.3 Å². The predicted molar refractivity (Wildman–Crippen MR) is 108 cm³/mol. The number of methoxy groups -OCH3 is 1. The average Bonchev–Trinajstić information content (AvgIpc) is 2.73. The Morgan fingerprint density at radius 3 is 2.62 bits per heavy atom. The monoisotopic (exact) mass is 388 g/mol. The Bertz CT molecular complexity index is 1210. The lowest BCUT2D eigenvalue weighted by Crippen LogP contribution is -2.01. The third kappa shape index (κ3) is 3.83. The van der Waals surface area contributed by atoms with Crippen LogP contribution in [-0.4, -0.2) is 28.2 Å². The lowest BCUT2D eigenvalue weighted by atomic mass is 10.0. The molecule has 0 radical (unpaired) electrons. The second-order valence-electron chi connectivity index (χ2n) is 6.59. The van der Waals surface area contributed by atoms with E-state index in [9.17, 15) is 14.3 Å². The number of benzene rings is 2. The Morgan fingerprint density at radius 1 is 1.03 bits per heavy atom. The molecule has 0 saturated carbocycles. The Labute approximate surface area is 166 Å². The molecule has 0 saturated heterocycles. The van der Waals surface area contributed by atoms with Crippen LogP contribution < -0.4 is 0 Å². The van der Waals surface area contributed by atoms with Crippen molar-refractivity contribution in [2.75, 3.05) is 7.11 Å². The van der Waals surface area contributed by atoms with Crippen molar-refractivity contribution in [1.82, 2.24) is 9.97 Å². The summed E-state index contributed by atoms with van der Waals surface area (Å²) in [6, 6.07) is 17.0. The second kappa shape index (κ2) is 7.77. The molecule has 0 fully saturated rings. The zero-order valence-corrected chi connectivity index (χ0v) is 15.6. The van der Waals surface area contributed by atoms with Crippen molar-refractivity contribution in [3.63, 3.8) is 0 Å². The highest BCUT2D eigenvalue weighted by Crippen LogP contribution is 2.27. The number of carboxylic acid groups (broad SMARTS) is 1. The summed E-state index contributed by atoms with van der Waals surface area (Å²) in [6.07, 6.45) is 1.72. The number of hydrogen-bond donors (Lipinski definition) is 1. The van der Waals surface area contributed by atoms with E-state index in [1.54, 1.807) is 19.4 Å². The molecule has 4 rings (SSSR count). The number of ether oxygens (including phenoxy) is 1. The molecule has 1 N–H and O–H groups in total. The maximum absolute atomic E-state index is 13.5. The number of carbonyl (C=O) groups is 1. The third-order valence-corrected chi connectivity index (χ3v) is 4.60. The van der Waals surface area contributed by atoms with Crippen LogP contribution in [0.4, 0.5) is 4.39 Å². The maximum Gasteiger partial charge on any atom is 0.336 e. The van der Waals surface area contributed by atoms with Crippen molar-refractivity contribution in [3.8, 4) is 22.5 Å². The number of nitrogens with zero attached hydrogens (tertiary/aromatic N) is 2. The fourth-order valence-electron chi connectivity index (χ4n) is 3.23. The van der Waals surface area contributed by atoms with Gasteiger partial charge in [-0.25, -0.2) is 14.2 Å². The zero-order chi connectivity index (χ0) is 20.4. The summed E-state index contributed by atoms with van der Waals surface area (Å²) in [5, 5.41) is 9.78. The van der Waals surface area contributed by atoms with E-state index in [1.807, 2.05) is 30.3 Å². The van der Waals surface area contributed by atoms with Gasteiger partial charge in [-0.1, -0.05) is 24.3 Å². The van der Waals surface area contributed by atoms with Crippen molar-refractivity contribution in [2.45, 2.75) is 6.61 Å². The Kier molecular flexibility index (Phi) is 5.01. The minimum Gasteiger partial charge on any atom is -0.478 e. The molecule has 0 amide bonds. The molecule has 2 aromatic carbocycles. The fourth-order valence-corrected chi connectivity index (χ4v) is 3.23. The summed E-state index contributed by atoms with van der Waals surface area (Å²) in [5.74, 6) is -1.65. The van der Waals surface area contributed by atoms with Crippen molar-refractivity contribution in [2.24, 2.45) is 0 Å². The first-order valence-corrected chi connectivity index (χ1v) is 8.93. The number of aromatic nitrogens is 2. The number of pyridine rings is 2. The van der Waals surface area contributed by atoms with Gasteiger partial charge in [-0.3, -0.25) is 4.98 Å². The smallest absolute Gasteiger partial charge is 0.336 e. The Morgan fingerprint density at radius 2 is 1.90 bits per heavy atom. The van der Waals surface area contributed by atoms with E-state index in [-0.39, 0.29) is 10.9 Å². The van der Waals surface area contributed by atoms with Crippen molar-refractivity contribution >= 4 is 16.9 Å². The first-order chi connectivity index (χ1) is 14.0. The number of carboxylic acids is 1. The highest BCUT2D eigenvalue weighted by Gasteiger charge is 2.14. The summed E-state index contributed by atoms with van der Waals surface area (Å²) >= 11 is 0. The SMILES string of the molecule is COCc1cccc(-c2ccc(-c3cc(C(=O)O)c4cc(F)ccc4n3)nc2)c1. The highest BCUT2D eigenvalue weighted by molar-refractivity contribution is 6.03. The molecule has 6 heteroatoms. The van der Waals surface area contributed by atoms with Crippen LogP contribution in [0.25, 0.3) is 33.4 Å². The lowest BCUT2D eigenvalue weighted by molar-refractivity contribution is 0.0699. The number of halogens is 1. The number of fused-ring (bicyclic) bond motifs is 1. The number of hydrogen-bond acceptors (Lipinski definition) is 4. The molecule has 4 aromatic rings. The van der Waals surface area contributed by atoms with Gasteiger partial charge < -0.3 is 9.84 Å². The molecule has 0 atom stereocenters. The first kappa shape index (κ1) is 18.7. The third-order valence-electron chi connectivity index (χ3n) is 4.60. The van der Waals surface area contributed by atoms with Gasteiger partial charge in [-0.05, 0) is 47.5 Å². The molecular weight excluding hydrogens is 371 g/mol. The van der Waals surface area contributed by atoms with E-state index in [2.05, 4.69) is 9.97 Å². The van der Waals surface area contributed by atoms with Gasteiger partial charge in [-0.15, -0.1) is 0 Å². The summed E-state index contributed by atoms with van der Waals surface area (Å²) in [7, 11) is 1.65. The van der Waals surface area contributed by atoms with Crippen LogP contribution in [0.5, 0.6) is 0 Å². The number of rotatable bonds is 5. The van der Waals surface area contributed by atoms with Gasteiger partial charge in [0, 0.05) is 24.3 Å². The van der Waals surface area contributed by atoms with Crippen LogP contribution in [0.2, 0.25) is 0 Å². The average molecular weight is 388 g/mol. The summed E-state index contributed by atoms with van der Waals surface area (Å²) < 4.78 is 18.7. The molecule has 0 bridgehead atoms. The Balaban J connectivity index is 1.74. The maximum atomic E-state index is 13.5. The van der Waals surface area contributed by atoms with Gasteiger partial charge >= 0.3 is 5.97 Å². The van der Waals surface area contributed by atoms with Crippen LogP contribution in [0.1, 0.15) is 15.9 Å². The van der Waals surface area contributed by atoms with E-state index in [4.69, 9.17) is 4.74 Å². The van der Waals surface area contributed by atoms with E-state index in [0.29, 0.717) is 23.5 Å². The predicted octanol–water partition coefficient (Wildman–Crippen LogP) is 4.95. The zero-order valence-electron chi connectivity index (χ0n) is 15.6. The van der Waals surface area contributed by atoms with Crippen LogP contribution in [0.3, 0.4) is 0 Å². The van der Waals surface area contributed by atoms with Crippen LogP contribution in [0.15, 0.2) is 66.9 Å². The molecule has 0 spiro atoms. The van der Waals surface area contributed by atoms with Gasteiger partial charge in [0.25, 0.3) is 0 Å². The number of aromatic carboxylic acids is 1. The molecule has 0 aliphatic rings. The molecule has 0 unspecified atom stereocenters. The fraction of sp³-hybridized carbons (Fsp3) is 0.0870. The molecule has 2 heterocycles. The van der Waals surface area contributed by atoms with Gasteiger partial charge in [0.1, 0.15) is 5.82 Å². The van der Waals surface area contributed by atoms with Gasteiger partial charge in [0.15, 0.2) is 0 Å². The lowest BCUT2D eigenvalue weighted by Gasteiger charge is -2.08. The Hall–Kier alpha value is -3.64. The summed E-state index contributed by atoms with van der Waals surface area (Å²) in [4.78, 5) is 20.6. The molecular formula is C23H17FN2O3. The molecule has 2 aromatic heterocycles. The van der Waals surface area contributed by atoms with Gasteiger partial charge in [0.05, 0.1) is 29.1 Å². The van der Waals surface area contributed by atoms with E-state index in [0.717, 1.165) is 16.7 Å². The van der Waals surface area contributed by atoms with Crippen LogP contribution in [0, 0.1) is 5.82 Å². The van der Waals surface area contributed by atoms with E-state index >= 15 is 0 Å². The minimum absolute atomic E-state index is 0.0114. The van der Waals surface area contributed by atoms with Gasteiger partial charge in [0.2, 0.25) is 0 Å². The normalized spacial score (nSPS) is 11.0. The van der Waals surface area contributed by atoms with Crippen LogP contribution >= 0.6 is 0 Å². The van der Waals surface area contributed by atoms with E-state index < -0.39 is 11.8 Å². The molecule has 144 valence electrons. The highest BCUT2D eigenvalue weighted by atomic mass is 19.1. The van der Waals surface area contributed by atoms with Crippen molar-refractivity contribution in [3.05, 3.63) is 83.8 Å². The molecule has 5 nitrogen and oxygen atoms in total. The van der Waals surface area contributed by atoms with Gasteiger partial charge in [-0.2, -0.15) is 0 Å². The summed E-state index contributed by atoms with van der Waals surface area (Å²) in [6.45, 7) is 0.527. The second-order valence-corrected chi connectivity index (χ2v) is 6.59. The molecule has 0 aliphatic heterocycles. The minimum atomic E-state index is -1.14. The first-order valence-electron chi connectivity index (χ1n) is 8.93. The van der Waals surface area contributed by atoms with Crippen molar-refractivity contribution in [1.29, 1.82) is 0 Å². The summed E-state index contributed by atoms with van der Waals surface area (Å²) in [5.41, 5.74) is 4.34. The molecule has 0 aliphatic carbocycles. The standard InChI is InChI=1S/C23H17FN2O3/c1-29-13-14-3-2-4-15(9-14)16-5-7-21(25-12-16)22-11-19(23(27)28)18-10-17(24)6-8-20(18)26-22/h2-12H,13H2,1H3,(H,27,28). The van der Waals surface area contributed by atoms with E-state index in [1.165, 1.54) is 24.3 Å². The van der Waals surface area contributed by atoms with Crippen LogP contribution in [-0.2, 0) is 11.3 Å². The van der Waals surface area contributed by atoms with Crippen molar-refractivity contribution < 1.29 is 19.0 Å². The molecule has 29 heavy (non-hydrogen) atoms. The quantitative estimate of drug-likeness (QED) is 0.524.